The van der Waals surface area contributed by atoms with E-state index < -0.39 is 5.82 Å². The third-order valence-electron chi connectivity index (χ3n) is 5.83. The summed E-state index contributed by atoms with van der Waals surface area (Å²) in [5.41, 5.74) is 1.76. The molecular weight excluding hydrogens is 415 g/mol. The Morgan fingerprint density at radius 3 is 2.94 bits per heavy atom. The van der Waals surface area contributed by atoms with E-state index >= 15 is 0 Å². The molecule has 1 N–H and O–H groups in total. The lowest BCUT2D eigenvalue weighted by Gasteiger charge is -2.32. The highest BCUT2D eigenvalue weighted by atomic mass is 19.1. The third-order valence-corrected chi connectivity index (χ3v) is 5.83. The maximum atomic E-state index is 14.3. The van der Waals surface area contributed by atoms with E-state index in [1.165, 1.54) is 6.20 Å². The van der Waals surface area contributed by atoms with Crippen molar-refractivity contribution in [3.63, 3.8) is 0 Å². The van der Waals surface area contributed by atoms with Gasteiger partial charge in [-0.1, -0.05) is 0 Å². The molecule has 0 bridgehead atoms. The van der Waals surface area contributed by atoms with Crippen molar-refractivity contribution in [2.75, 3.05) is 69.3 Å². The number of anilines is 2. The molecule has 1 atom stereocenters. The number of fused-ring (bicyclic) bond motifs is 1. The van der Waals surface area contributed by atoms with Gasteiger partial charge in [-0.15, -0.1) is 0 Å². The molecule has 5 rings (SSSR count). The molecule has 3 aromatic rings. The molecule has 11 heteroatoms. The van der Waals surface area contributed by atoms with Gasteiger partial charge in [0, 0.05) is 57.9 Å². The Kier molecular flexibility index (Phi) is 6.10. The number of halogens is 1. The van der Waals surface area contributed by atoms with Gasteiger partial charge < -0.3 is 19.7 Å². The van der Waals surface area contributed by atoms with Crippen LogP contribution in [0.2, 0.25) is 0 Å². The van der Waals surface area contributed by atoms with Crippen LogP contribution in [0.15, 0.2) is 24.5 Å². The van der Waals surface area contributed by atoms with Crippen molar-refractivity contribution >= 4 is 22.8 Å². The van der Waals surface area contributed by atoms with Gasteiger partial charge in [-0.25, -0.2) is 14.4 Å². The molecule has 1 unspecified atom stereocenters. The number of nitrogens with one attached hydrogen (secondary N) is 1. The number of aromatic nitrogens is 5. The molecule has 2 aliphatic rings. The van der Waals surface area contributed by atoms with E-state index in [4.69, 9.17) is 9.47 Å². The van der Waals surface area contributed by atoms with Gasteiger partial charge in [0.05, 0.1) is 26.0 Å². The van der Waals surface area contributed by atoms with Crippen molar-refractivity contribution in [3.05, 3.63) is 36.0 Å². The molecule has 2 saturated heterocycles. The molecule has 2 aliphatic heterocycles. The van der Waals surface area contributed by atoms with Gasteiger partial charge in [-0.05, 0) is 12.1 Å². The van der Waals surface area contributed by atoms with Gasteiger partial charge in [0.25, 0.3) is 0 Å². The van der Waals surface area contributed by atoms with Gasteiger partial charge >= 0.3 is 0 Å². The SMILES string of the molecule is Cn1nc(C2CN(CCNc3nc(N4CCOCC4)ncc3F)CCO2)c2cccnc21. The number of aryl methyl sites for hydroxylation is 1. The summed E-state index contributed by atoms with van der Waals surface area (Å²) in [4.78, 5) is 17.2. The fourth-order valence-corrected chi connectivity index (χ4v) is 4.16. The Hall–Kier alpha value is -2.89. The van der Waals surface area contributed by atoms with Crippen molar-refractivity contribution < 1.29 is 13.9 Å². The van der Waals surface area contributed by atoms with E-state index in [0.717, 1.165) is 29.8 Å². The summed E-state index contributed by atoms with van der Waals surface area (Å²) >= 11 is 0. The minimum absolute atomic E-state index is 0.125. The summed E-state index contributed by atoms with van der Waals surface area (Å²) in [6, 6.07) is 3.94. The zero-order valence-corrected chi connectivity index (χ0v) is 18.1. The van der Waals surface area contributed by atoms with Crippen LogP contribution >= 0.6 is 0 Å². The first-order chi connectivity index (χ1) is 15.7. The number of morpholine rings is 2. The van der Waals surface area contributed by atoms with Gasteiger partial charge in [0.2, 0.25) is 5.95 Å². The zero-order chi connectivity index (χ0) is 21.9. The second-order valence-corrected chi connectivity index (χ2v) is 7.94. The molecule has 170 valence electrons. The summed E-state index contributed by atoms with van der Waals surface area (Å²) in [7, 11) is 1.89. The van der Waals surface area contributed by atoms with Crippen LogP contribution < -0.4 is 10.2 Å². The highest BCUT2D eigenvalue weighted by Crippen LogP contribution is 2.27. The van der Waals surface area contributed by atoms with Crippen molar-refractivity contribution in [2.45, 2.75) is 6.10 Å². The monoisotopic (exact) mass is 442 g/mol. The molecule has 0 aliphatic carbocycles. The number of rotatable bonds is 6. The van der Waals surface area contributed by atoms with Crippen LogP contribution in [-0.4, -0.2) is 88.7 Å². The van der Waals surface area contributed by atoms with E-state index in [0.29, 0.717) is 51.9 Å². The highest BCUT2D eigenvalue weighted by Gasteiger charge is 2.26. The molecule has 0 saturated carbocycles. The van der Waals surface area contributed by atoms with Crippen molar-refractivity contribution in [3.8, 4) is 0 Å². The highest BCUT2D eigenvalue weighted by molar-refractivity contribution is 5.78. The predicted octanol–water partition coefficient (Wildman–Crippen LogP) is 1.22. The first kappa shape index (κ1) is 21.0. The normalized spacial score (nSPS) is 20.1. The maximum Gasteiger partial charge on any atom is 0.227 e. The largest absolute Gasteiger partial charge is 0.378 e. The van der Waals surface area contributed by atoms with Gasteiger partial charge in [0.15, 0.2) is 17.3 Å². The molecule has 3 aromatic heterocycles. The standard InChI is InChI=1S/C21H27FN8O2/c1-28-20-15(3-2-4-24-20)18(27-28)17-14-29(7-12-32-17)6-5-23-19-16(22)13-25-21(26-19)30-8-10-31-11-9-30/h2-4,13,17H,5-12,14H2,1H3,(H,23,25,26). The number of hydrogen-bond acceptors (Lipinski definition) is 9. The van der Waals surface area contributed by atoms with E-state index in [1.54, 1.807) is 10.9 Å². The average molecular weight is 442 g/mol. The van der Waals surface area contributed by atoms with Crippen molar-refractivity contribution in [1.29, 1.82) is 0 Å². The molecule has 32 heavy (non-hydrogen) atoms. The molecule has 10 nitrogen and oxygen atoms in total. The Balaban J connectivity index is 1.20. The lowest BCUT2D eigenvalue weighted by molar-refractivity contribution is -0.0302. The van der Waals surface area contributed by atoms with Crippen molar-refractivity contribution in [1.82, 2.24) is 29.6 Å². The fraction of sp³-hybridized carbons (Fsp3) is 0.524. The lowest BCUT2D eigenvalue weighted by atomic mass is 10.1. The molecule has 0 aromatic carbocycles. The molecular formula is C21H27FN8O2. The Morgan fingerprint density at radius 1 is 1.19 bits per heavy atom. The Morgan fingerprint density at radius 2 is 2.06 bits per heavy atom. The first-order valence-corrected chi connectivity index (χ1v) is 10.9. The van der Waals surface area contributed by atoms with Gasteiger partial charge in [-0.3, -0.25) is 9.58 Å². The lowest BCUT2D eigenvalue weighted by Crippen LogP contribution is -2.41. The van der Waals surface area contributed by atoms with E-state index in [9.17, 15) is 4.39 Å². The molecule has 0 amide bonds. The van der Waals surface area contributed by atoms with Crippen LogP contribution in [0.4, 0.5) is 16.2 Å². The van der Waals surface area contributed by atoms with E-state index in [2.05, 4.69) is 30.3 Å². The topological polar surface area (TPSA) is 93.5 Å². The van der Waals surface area contributed by atoms with E-state index in [1.807, 2.05) is 24.1 Å². The quantitative estimate of drug-likeness (QED) is 0.605. The maximum absolute atomic E-state index is 14.3. The number of hydrogen-bond donors (Lipinski definition) is 1. The summed E-state index contributed by atoms with van der Waals surface area (Å²) in [6.07, 6.45) is 2.87. The average Bonchev–Trinajstić information content (AvgIpc) is 3.18. The summed E-state index contributed by atoms with van der Waals surface area (Å²) in [6.45, 7) is 6.11. The van der Waals surface area contributed by atoms with Gasteiger partial charge in [-0.2, -0.15) is 10.1 Å². The van der Waals surface area contributed by atoms with Crippen LogP contribution in [0.5, 0.6) is 0 Å². The molecule has 0 radical (unpaired) electrons. The second-order valence-electron chi connectivity index (χ2n) is 7.94. The smallest absolute Gasteiger partial charge is 0.227 e. The van der Waals surface area contributed by atoms with Crippen LogP contribution in [0.3, 0.4) is 0 Å². The van der Waals surface area contributed by atoms with Gasteiger partial charge in [0.1, 0.15) is 11.8 Å². The Bertz CT molecular complexity index is 1070. The van der Waals surface area contributed by atoms with Crippen LogP contribution in [-0.2, 0) is 16.5 Å². The van der Waals surface area contributed by atoms with Crippen LogP contribution in [0, 0.1) is 5.82 Å². The second kappa shape index (κ2) is 9.31. The fourth-order valence-electron chi connectivity index (χ4n) is 4.16. The minimum atomic E-state index is -0.450. The van der Waals surface area contributed by atoms with Crippen molar-refractivity contribution in [2.24, 2.45) is 7.05 Å². The zero-order valence-electron chi connectivity index (χ0n) is 18.1. The molecule has 2 fully saturated rings. The molecule has 5 heterocycles. The number of pyridine rings is 1. The predicted molar refractivity (Wildman–Crippen MR) is 117 cm³/mol. The van der Waals surface area contributed by atoms with E-state index in [-0.39, 0.29) is 11.9 Å². The first-order valence-electron chi connectivity index (χ1n) is 10.9. The third kappa shape index (κ3) is 4.36. The number of ether oxygens (including phenoxy) is 2. The molecule has 0 spiro atoms. The number of nitrogens with zero attached hydrogens (tertiary/aromatic N) is 7. The van der Waals surface area contributed by atoms with Crippen LogP contribution in [0.25, 0.3) is 11.0 Å². The Labute approximate surface area is 185 Å². The minimum Gasteiger partial charge on any atom is -0.378 e. The summed E-state index contributed by atoms with van der Waals surface area (Å²) in [5, 5.41) is 8.79. The summed E-state index contributed by atoms with van der Waals surface area (Å²) < 4.78 is 27.4. The summed E-state index contributed by atoms with van der Waals surface area (Å²) in [5.74, 6) is 0.307. The van der Waals surface area contributed by atoms with Crippen LogP contribution in [0.1, 0.15) is 11.8 Å².